The van der Waals surface area contributed by atoms with E-state index in [4.69, 9.17) is 0 Å². The minimum atomic E-state index is -3.00. The van der Waals surface area contributed by atoms with E-state index < -0.39 is 10.0 Å². The number of hydrogen-bond acceptors (Lipinski definition) is 3. The largest absolute Gasteiger partial charge is 0.309 e. The van der Waals surface area contributed by atoms with Crippen LogP contribution in [-0.2, 0) is 10.0 Å². The third-order valence-electron chi connectivity index (χ3n) is 2.29. The molecule has 0 aromatic carbocycles. The Morgan fingerprint density at radius 3 is 2.54 bits per heavy atom. The number of rotatable bonds is 2. The van der Waals surface area contributed by atoms with Gasteiger partial charge in [0.2, 0.25) is 10.0 Å². The topological polar surface area (TPSA) is 49.4 Å². The molecule has 1 rings (SSSR count). The van der Waals surface area contributed by atoms with Gasteiger partial charge in [0.1, 0.15) is 0 Å². The monoisotopic (exact) mass is 206 g/mol. The summed E-state index contributed by atoms with van der Waals surface area (Å²) in [5.41, 5.74) is -0.0967. The molecule has 5 heteroatoms. The molecule has 13 heavy (non-hydrogen) atoms. The predicted molar refractivity (Wildman–Crippen MR) is 53.1 cm³/mol. The summed E-state index contributed by atoms with van der Waals surface area (Å²) in [4.78, 5) is 0. The van der Waals surface area contributed by atoms with E-state index in [9.17, 15) is 8.42 Å². The fourth-order valence-electron chi connectivity index (χ4n) is 1.51. The molecule has 0 spiro atoms. The molecule has 1 heterocycles. The van der Waals surface area contributed by atoms with Crippen LogP contribution in [0, 0.1) is 0 Å². The van der Waals surface area contributed by atoms with Crippen molar-refractivity contribution in [3.05, 3.63) is 0 Å². The zero-order valence-corrected chi connectivity index (χ0v) is 9.32. The second-order valence-electron chi connectivity index (χ2n) is 4.04. The van der Waals surface area contributed by atoms with E-state index in [1.54, 1.807) is 11.2 Å². The van der Waals surface area contributed by atoms with Crippen LogP contribution in [0.25, 0.3) is 0 Å². The molecule has 0 aliphatic carbocycles. The van der Waals surface area contributed by atoms with E-state index in [1.165, 1.54) is 0 Å². The predicted octanol–water partition coefficient (Wildman–Crippen LogP) is 0.0199. The van der Waals surface area contributed by atoms with Crippen LogP contribution < -0.4 is 5.32 Å². The van der Waals surface area contributed by atoms with E-state index in [0.29, 0.717) is 13.1 Å². The van der Waals surface area contributed by atoms with Gasteiger partial charge in [0.15, 0.2) is 0 Å². The first-order valence-electron chi connectivity index (χ1n) is 4.60. The van der Waals surface area contributed by atoms with Crippen LogP contribution in [0.2, 0.25) is 0 Å². The van der Waals surface area contributed by atoms with Crippen LogP contribution >= 0.6 is 0 Å². The smallest absolute Gasteiger partial charge is 0.213 e. The zero-order valence-electron chi connectivity index (χ0n) is 8.50. The second-order valence-corrected chi connectivity index (χ2v) is 6.30. The highest BCUT2D eigenvalue weighted by Crippen LogP contribution is 2.13. The Hall–Kier alpha value is -0.130. The third-order valence-corrected chi connectivity index (χ3v) is 4.12. The first-order valence-corrected chi connectivity index (χ1v) is 6.21. The summed E-state index contributed by atoms with van der Waals surface area (Å²) in [5, 5.41) is 3.28. The van der Waals surface area contributed by atoms with E-state index in [2.05, 4.69) is 5.32 Å². The first-order chi connectivity index (χ1) is 5.87. The van der Waals surface area contributed by atoms with Crippen LogP contribution in [0.3, 0.4) is 0 Å². The van der Waals surface area contributed by atoms with Gasteiger partial charge >= 0.3 is 0 Å². The summed E-state index contributed by atoms with van der Waals surface area (Å²) in [7, 11) is -3.00. The average Bonchev–Trinajstić information content (AvgIpc) is 2.03. The SMILES string of the molecule is CCS(=O)(=O)N1CCNC(C)(C)C1. The van der Waals surface area contributed by atoms with Gasteiger partial charge in [-0.3, -0.25) is 0 Å². The molecule has 4 nitrogen and oxygen atoms in total. The van der Waals surface area contributed by atoms with Crippen LogP contribution in [0.1, 0.15) is 20.8 Å². The van der Waals surface area contributed by atoms with Gasteiger partial charge in [-0.15, -0.1) is 0 Å². The molecule has 1 N–H and O–H groups in total. The average molecular weight is 206 g/mol. The maximum absolute atomic E-state index is 11.5. The van der Waals surface area contributed by atoms with Gasteiger partial charge in [-0.2, -0.15) is 4.31 Å². The van der Waals surface area contributed by atoms with Gasteiger partial charge in [0.05, 0.1) is 5.75 Å². The summed E-state index contributed by atoms with van der Waals surface area (Å²) in [6.07, 6.45) is 0. The van der Waals surface area contributed by atoms with Gasteiger partial charge < -0.3 is 5.32 Å². The van der Waals surface area contributed by atoms with Gasteiger partial charge in [0.25, 0.3) is 0 Å². The van der Waals surface area contributed by atoms with Crippen molar-refractivity contribution in [1.82, 2.24) is 9.62 Å². The summed E-state index contributed by atoms with van der Waals surface area (Å²) in [6.45, 7) is 7.63. The standard InChI is InChI=1S/C8H18N2O2S/c1-4-13(11,12)10-6-5-9-8(2,3)7-10/h9H,4-7H2,1-3H3. The highest BCUT2D eigenvalue weighted by Gasteiger charge is 2.31. The van der Waals surface area contributed by atoms with Crippen LogP contribution in [0.5, 0.6) is 0 Å². The number of sulfonamides is 1. The molecule has 0 amide bonds. The van der Waals surface area contributed by atoms with Crippen LogP contribution in [-0.4, -0.2) is 43.6 Å². The molecule has 78 valence electrons. The summed E-state index contributed by atoms with van der Waals surface area (Å²) < 4.78 is 24.7. The van der Waals surface area contributed by atoms with Crippen molar-refractivity contribution in [3.8, 4) is 0 Å². The maximum atomic E-state index is 11.5. The van der Waals surface area contributed by atoms with Crippen molar-refractivity contribution in [3.63, 3.8) is 0 Å². The van der Waals surface area contributed by atoms with Crippen molar-refractivity contribution in [2.75, 3.05) is 25.4 Å². The van der Waals surface area contributed by atoms with Crippen molar-refractivity contribution in [2.24, 2.45) is 0 Å². The number of hydrogen-bond donors (Lipinski definition) is 1. The molecule has 1 aliphatic heterocycles. The van der Waals surface area contributed by atoms with Gasteiger partial charge in [-0.05, 0) is 20.8 Å². The molecular formula is C8H18N2O2S. The second kappa shape index (κ2) is 3.55. The Labute approximate surface area is 80.4 Å². The minimum Gasteiger partial charge on any atom is -0.309 e. The normalized spacial score (nSPS) is 24.5. The van der Waals surface area contributed by atoms with E-state index >= 15 is 0 Å². The van der Waals surface area contributed by atoms with Crippen LogP contribution in [0.15, 0.2) is 0 Å². The Balaban J connectivity index is 2.73. The minimum absolute atomic E-state index is 0.0967. The van der Waals surface area contributed by atoms with Gasteiger partial charge in [-0.25, -0.2) is 8.42 Å². The summed E-state index contributed by atoms with van der Waals surface area (Å²) in [6, 6.07) is 0. The molecule has 0 aromatic rings. The Kier molecular flexibility index (Phi) is 2.99. The molecule has 1 aliphatic rings. The molecule has 0 radical (unpaired) electrons. The lowest BCUT2D eigenvalue weighted by Crippen LogP contribution is -2.58. The Bertz CT molecular complexity index is 272. The fourth-order valence-corrected chi connectivity index (χ4v) is 2.77. The van der Waals surface area contributed by atoms with Gasteiger partial charge in [0, 0.05) is 25.2 Å². The molecule has 0 atom stereocenters. The number of nitrogens with one attached hydrogen (secondary N) is 1. The van der Waals surface area contributed by atoms with E-state index in [0.717, 1.165) is 6.54 Å². The third kappa shape index (κ3) is 2.65. The Morgan fingerprint density at radius 2 is 2.08 bits per heavy atom. The van der Waals surface area contributed by atoms with Crippen molar-refractivity contribution in [2.45, 2.75) is 26.3 Å². The highest BCUT2D eigenvalue weighted by atomic mass is 32.2. The number of piperazine rings is 1. The van der Waals surface area contributed by atoms with Crippen molar-refractivity contribution < 1.29 is 8.42 Å². The number of nitrogens with zero attached hydrogens (tertiary/aromatic N) is 1. The molecule has 1 saturated heterocycles. The fraction of sp³-hybridized carbons (Fsp3) is 1.00. The van der Waals surface area contributed by atoms with E-state index in [1.807, 2.05) is 13.8 Å². The van der Waals surface area contributed by atoms with Gasteiger partial charge in [-0.1, -0.05) is 0 Å². The summed E-state index contributed by atoms with van der Waals surface area (Å²) in [5.74, 6) is 0.198. The first kappa shape index (κ1) is 10.9. The van der Waals surface area contributed by atoms with Crippen molar-refractivity contribution in [1.29, 1.82) is 0 Å². The lowest BCUT2D eigenvalue weighted by atomic mass is 10.0. The lowest BCUT2D eigenvalue weighted by molar-refractivity contribution is 0.234. The Morgan fingerprint density at radius 1 is 1.46 bits per heavy atom. The molecule has 0 unspecified atom stereocenters. The molecule has 0 aromatic heterocycles. The quantitative estimate of drug-likeness (QED) is 0.693. The molecule has 0 bridgehead atoms. The van der Waals surface area contributed by atoms with Crippen LogP contribution in [0.4, 0.5) is 0 Å². The highest BCUT2D eigenvalue weighted by molar-refractivity contribution is 7.89. The molecular weight excluding hydrogens is 188 g/mol. The molecule has 1 fully saturated rings. The van der Waals surface area contributed by atoms with Crippen molar-refractivity contribution >= 4 is 10.0 Å². The van der Waals surface area contributed by atoms with E-state index in [-0.39, 0.29) is 11.3 Å². The summed E-state index contributed by atoms with van der Waals surface area (Å²) >= 11 is 0. The zero-order chi connectivity index (χ0) is 10.1. The lowest BCUT2D eigenvalue weighted by Gasteiger charge is -2.38. The molecule has 0 saturated carbocycles. The maximum Gasteiger partial charge on any atom is 0.213 e.